The smallest absolute Gasteiger partial charge is 0.0970 e. The van der Waals surface area contributed by atoms with Crippen molar-refractivity contribution >= 4 is 21.6 Å². The predicted octanol–water partition coefficient (Wildman–Crippen LogP) is 3.48. The van der Waals surface area contributed by atoms with Crippen LogP contribution in [0.15, 0.2) is 24.3 Å². The van der Waals surface area contributed by atoms with Gasteiger partial charge >= 0.3 is 0 Å². The highest BCUT2D eigenvalue weighted by atomic mass is 32.1. The van der Waals surface area contributed by atoms with Crippen molar-refractivity contribution in [1.29, 1.82) is 0 Å². The molecule has 3 nitrogen and oxygen atoms in total. The first kappa shape index (κ1) is 14.6. The van der Waals surface area contributed by atoms with E-state index in [4.69, 9.17) is 4.98 Å². The van der Waals surface area contributed by atoms with E-state index in [9.17, 15) is 0 Å². The minimum Gasteiger partial charge on any atom is -0.316 e. The number of thiazole rings is 1. The molecule has 0 saturated carbocycles. The van der Waals surface area contributed by atoms with Crippen LogP contribution in [0.5, 0.6) is 0 Å². The van der Waals surface area contributed by atoms with Crippen LogP contribution < -0.4 is 5.32 Å². The number of aromatic nitrogens is 1. The average molecular weight is 315 g/mol. The molecule has 2 aromatic rings. The third-order valence-electron chi connectivity index (χ3n) is 5.31. The zero-order valence-electron chi connectivity index (χ0n) is 13.3. The molecule has 0 spiro atoms. The van der Waals surface area contributed by atoms with E-state index in [0.717, 1.165) is 0 Å². The van der Waals surface area contributed by atoms with Crippen molar-refractivity contribution in [2.24, 2.45) is 5.41 Å². The standard InChI is InChI=1S/C18H25N3S/c1-18(8-9-19-12-18)13-21-10-6-14(7-11-21)17-20-15-4-2-3-5-16(15)22-17/h2-5,14,19H,6-13H2,1H3. The molecule has 1 aromatic carbocycles. The summed E-state index contributed by atoms with van der Waals surface area (Å²) in [5, 5.41) is 4.87. The molecule has 4 heteroatoms. The summed E-state index contributed by atoms with van der Waals surface area (Å²) in [5.74, 6) is 0.670. The second-order valence-electron chi connectivity index (χ2n) is 7.31. The lowest BCUT2D eigenvalue weighted by molar-refractivity contribution is 0.144. The summed E-state index contributed by atoms with van der Waals surface area (Å²) in [7, 11) is 0. The van der Waals surface area contributed by atoms with Gasteiger partial charge in [-0.1, -0.05) is 19.1 Å². The maximum atomic E-state index is 4.87. The third-order valence-corrected chi connectivity index (χ3v) is 6.51. The number of nitrogens with zero attached hydrogens (tertiary/aromatic N) is 2. The highest BCUT2D eigenvalue weighted by molar-refractivity contribution is 7.18. The largest absolute Gasteiger partial charge is 0.316 e. The van der Waals surface area contributed by atoms with Crippen molar-refractivity contribution in [2.75, 3.05) is 32.7 Å². The van der Waals surface area contributed by atoms with E-state index < -0.39 is 0 Å². The first-order chi connectivity index (χ1) is 10.7. The van der Waals surface area contributed by atoms with E-state index in [-0.39, 0.29) is 0 Å². The van der Waals surface area contributed by atoms with Crippen molar-refractivity contribution in [3.63, 3.8) is 0 Å². The second kappa shape index (κ2) is 5.91. The molecule has 0 aliphatic carbocycles. The van der Waals surface area contributed by atoms with Gasteiger partial charge in [-0.25, -0.2) is 4.98 Å². The topological polar surface area (TPSA) is 28.2 Å². The summed E-state index contributed by atoms with van der Waals surface area (Å²) >= 11 is 1.90. The monoisotopic (exact) mass is 315 g/mol. The quantitative estimate of drug-likeness (QED) is 0.940. The molecule has 2 fully saturated rings. The molecule has 1 atom stereocenters. The highest BCUT2D eigenvalue weighted by Gasteiger charge is 2.32. The molecule has 1 N–H and O–H groups in total. The molecule has 2 aliphatic heterocycles. The van der Waals surface area contributed by atoms with Gasteiger partial charge in [0.1, 0.15) is 0 Å². The van der Waals surface area contributed by atoms with Crippen LogP contribution in [0, 0.1) is 5.41 Å². The zero-order chi connectivity index (χ0) is 15.0. The van der Waals surface area contributed by atoms with Gasteiger partial charge in [0.15, 0.2) is 0 Å². The number of hydrogen-bond acceptors (Lipinski definition) is 4. The third kappa shape index (κ3) is 2.92. The summed E-state index contributed by atoms with van der Waals surface area (Å²) in [6.07, 6.45) is 3.86. The van der Waals surface area contributed by atoms with Crippen molar-refractivity contribution in [3.05, 3.63) is 29.3 Å². The van der Waals surface area contributed by atoms with E-state index in [1.54, 1.807) is 0 Å². The van der Waals surface area contributed by atoms with E-state index in [0.29, 0.717) is 11.3 Å². The Morgan fingerprint density at radius 1 is 1.32 bits per heavy atom. The Morgan fingerprint density at radius 2 is 2.14 bits per heavy atom. The van der Waals surface area contributed by atoms with Crippen molar-refractivity contribution in [2.45, 2.75) is 32.1 Å². The summed E-state index contributed by atoms with van der Waals surface area (Å²) < 4.78 is 1.34. The molecule has 2 saturated heterocycles. The van der Waals surface area contributed by atoms with Crippen LogP contribution in [0.1, 0.15) is 37.1 Å². The van der Waals surface area contributed by atoms with Gasteiger partial charge in [-0.05, 0) is 56.4 Å². The van der Waals surface area contributed by atoms with Gasteiger partial charge in [0.25, 0.3) is 0 Å². The number of piperidine rings is 1. The molecule has 1 unspecified atom stereocenters. The van der Waals surface area contributed by atoms with E-state index in [1.807, 2.05) is 11.3 Å². The Hall–Kier alpha value is -0.970. The summed E-state index contributed by atoms with van der Waals surface area (Å²) in [6.45, 7) is 8.54. The average Bonchev–Trinajstić information content (AvgIpc) is 3.14. The van der Waals surface area contributed by atoms with E-state index >= 15 is 0 Å². The molecule has 3 heterocycles. The number of likely N-dealkylation sites (tertiary alicyclic amines) is 1. The van der Waals surface area contributed by atoms with Gasteiger partial charge in [-0.3, -0.25) is 0 Å². The number of nitrogens with one attached hydrogen (secondary N) is 1. The first-order valence-corrected chi connectivity index (χ1v) is 9.32. The molecule has 0 amide bonds. The minimum absolute atomic E-state index is 0.489. The molecule has 22 heavy (non-hydrogen) atoms. The fourth-order valence-corrected chi connectivity index (χ4v) is 5.08. The Balaban J connectivity index is 1.39. The molecule has 1 aromatic heterocycles. The summed E-state index contributed by atoms with van der Waals surface area (Å²) in [5.41, 5.74) is 1.66. The second-order valence-corrected chi connectivity index (χ2v) is 8.37. The Kier molecular flexibility index (Phi) is 3.93. The van der Waals surface area contributed by atoms with Crippen molar-refractivity contribution in [3.8, 4) is 0 Å². The number of para-hydroxylation sites is 1. The Morgan fingerprint density at radius 3 is 2.86 bits per heavy atom. The minimum atomic E-state index is 0.489. The molecule has 0 bridgehead atoms. The maximum Gasteiger partial charge on any atom is 0.0970 e. The van der Waals surface area contributed by atoms with Gasteiger partial charge in [-0.2, -0.15) is 0 Å². The van der Waals surface area contributed by atoms with E-state index in [2.05, 4.69) is 41.4 Å². The Bertz CT molecular complexity index is 604. The molecular weight excluding hydrogens is 290 g/mol. The van der Waals surface area contributed by atoms with Gasteiger partial charge in [0, 0.05) is 19.0 Å². The number of benzene rings is 1. The maximum absolute atomic E-state index is 4.87. The van der Waals surface area contributed by atoms with E-state index in [1.165, 1.54) is 67.2 Å². The predicted molar refractivity (Wildman–Crippen MR) is 93.6 cm³/mol. The summed E-state index contributed by atoms with van der Waals surface area (Å²) in [4.78, 5) is 7.55. The molecule has 4 rings (SSSR count). The summed E-state index contributed by atoms with van der Waals surface area (Å²) in [6, 6.07) is 8.53. The van der Waals surface area contributed by atoms with Crippen LogP contribution in [0.25, 0.3) is 10.2 Å². The van der Waals surface area contributed by atoms with Gasteiger partial charge < -0.3 is 10.2 Å². The van der Waals surface area contributed by atoms with Crippen LogP contribution in [0.4, 0.5) is 0 Å². The van der Waals surface area contributed by atoms with Crippen LogP contribution in [0.2, 0.25) is 0 Å². The first-order valence-electron chi connectivity index (χ1n) is 8.50. The van der Waals surface area contributed by atoms with Crippen LogP contribution in [-0.2, 0) is 0 Å². The lowest BCUT2D eigenvalue weighted by Gasteiger charge is -2.36. The normalized spacial score (nSPS) is 27.7. The molecular formula is C18H25N3S. The van der Waals surface area contributed by atoms with Gasteiger partial charge in [0.05, 0.1) is 15.2 Å². The lowest BCUT2D eigenvalue weighted by atomic mass is 9.87. The van der Waals surface area contributed by atoms with Gasteiger partial charge in [-0.15, -0.1) is 11.3 Å². The molecule has 118 valence electrons. The van der Waals surface area contributed by atoms with Gasteiger partial charge in [0.2, 0.25) is 0 Å². The molecule has 0 radical (unpaired) electrons. The lowest BCUT2D eigenvalue weighted by Crippen LogP contribution is -2.41. The van der Waals surface area contributed by atoms with Crippen molar-refractivity contribution in [1.82, 2.24) is 15.2 Å². The number of rotatable bonds is 3. The SMILES string of the molecule is CC1(CN2CCC(c3nc4ccccc4s3)CC2)CCNC1. The Labute approximate surface area is 136 Å². The zero-order valence-corrected chi connectivity index (χ0v) is 14.2. The fraction of sp³-hybridized carbons (Fsp3) is 0.611. The van der Waals surface area contributed by atoms with Crippen LogP contribution in [0.3, 0.4) is 0 Å². The molecule has 2 aliphatic rings. The fourth-order valence-electron chi connectivity index (χ4n) is 3.95. The highest BCUT2D eigenvalue weighted by Crippen LogP contribution is 2.35. The van der Waals surface area contributed by atoms with Crippen LogP contribution >= 0.6 is 11.3 Å². The van der Waals surface area contributed by atoms with Crippen LogP contribution in [-0.4, -0.2) is 42.6 Å². The number of fused-ring (bicyclic) bond motifs is 1. The van der Waals surface area contributed by atoms with Crippen molar-refractivity contribution < 1.29 is 0 Å². The number of hydrogen-bond donors (Lipinski definition) is 1.